The fourth-order valence-corrected chi connectivity index (χ4v) is 6.84. The van der Waals surface area contributed by atoms with Crippen LogP contribution in [0, 0.1) is 22.6 Å². The highest BCUT2D eigenvalue weighted by Crippen LogP contribution is 2.47. The molecule has 2 aliphatic rings. The molecule has 1 aromatic rings. The first-order valence-electron chi connectivity index (χ1n) is 13.8. The van der Waals surface area contributed by atoms with E-state index < -0.39 is 0 Å². The van der Waals surface area contributed by atoms with Gasteiger partial charge in [0.05, 0.1) is 5.56 Å². The van der Waals surface area contributed by atoms with Gasteiger partial charge < -0.3 is 0 Å². The average molecular weight is 440 g/mol. The highest BCUT2D eigenvalue weighted by molar-refractivity contribution is 5.37. The minimum Gasteiger partial charge on any atom is -0.206 e. The van der Waals surface area contributed by atoms with Gasteiger partial charge in [0.15, 0.2) is 0 Å². The maximum Gasteiger partial charge on any atom is 0.141 e. The lowest BCUT2D eigenvalue weighted by Gasteiger charge is -2.40. The monoisotopic (exact) mass is 439 g/mol. The summed E-state index contributed by atoms with van der Waals surface area (Å²) in [6, 6.07) is 7.42. The molecular weight excluding hydrogens is 393 g/mol. The van der Waals surface area contributed by atoms with Gasteiger partial charge >= 0.3 is 0 Å². The molecule has 0 unspecified atom stereocenters. The molecule has 0 saturated heterocycles. The number of nitriles is 1. The topological polar surface area (TPSA) is 23.8 Å². The van der Waals surface area contributed by atoms with Crippen molar-refractivity contribution in [2.75, 3.05) is 0 Å². The van der Waals surface area contributed by atoms with Crippen LogP contribution in [-0.4, -0.2) is 0 Å². The molecule has 0 aliphatic heterocycles. The Kier molecular flexibility index (Phi) is 10.1. The van der Waals surface area contributed by atoms with Gasteiger partial charge in [-0.25, -0.2) is 4.39 Å². The van der Waals surface area contributed by atoms with Gasteiger partial charge in [-0.15, -0.1) is 0 Å². The molecule has 0 atom stereocenters. The van der Waals surface area contributed by atoms with Crippen LogP contribution in [0.15, 0.2) is 18.2 Å². The molecule has 0 heterocycles. The van der Waals surface area contributed by atoms with Crippen LogP contribution in [0.4, 0.5) is 4.39 Å². The summed E-state index contributed by atoms with van der Waals surface area (Å²) in [6.45, 7) is 2.30. The van der Waals surface area contributed by atoms with E-state index >= 15 is 0 Å². The van der Waals surface area contributed by atoms with Gasteiger partial charge in [-0.3, -0.25) is 0 Å². The van der Waals surface area contributed by atoms with Gasteiger partial charge in [0.1, 0.15) is 11.9 Å². The molecule has 0 aromatic heterocycles. The average Bonchev–Trinajstić information content (AvgIpc) is 2.83. The molecule has 2 aliphatic carbocycles. The third-order valence-corrected chi connectivity index (χ3v) is 8.85. The third-order valence-electron chi connectivity index (χ3n) is 8.85. The Labute approximate surface area is 197 Å². The van der Waals surface area contributed by atoms with Crippen LogP contribution >= 0.6 is 0 Å². The standard InChI is InChI=1S/C30H46FN/c1-2-3-4-5-8-17-29(18-9-6-10-19-29)20-13-14-23-30(21-11-7-12-22-30)27-16-15-26(25-32)28(31)24-27/h15-16,24H,2-14,17-23H2,1H3. The van der Waals surface area contributed by atoms with E-state index in [-0.39, 0.29) is 16.8 Å². The molecule has 0 amide bonds. The molecule has 178 valence electrons. The lowest BCUT2D eigenvalue weighted by Crippen LogP contribution is -2.29. The Balaban J connectivity index is 1.57. The number of hydrogen-bond acceptors (Lipinski definition) is 1. The fraction of sp³-hybridized carbons (Fsp3) is 0.767. The Morgan fingerprint density at radius 3 is 2.00 bits per heavy atom. The second-order valence-electron chi connectivity index (χ2n) is 11.1. The van der Waals surface area contributed by atoms with Crippen molar-refractivity contribution in [3.8, 4) is 6.07 Å². The zero-order valence-electron chi connectivity index (χ0n) is 20.7. The zero-order chi connectivity index (χ0) is 22.7. The summed E-state index contributed by atoms with van der Waals surface area (Å²) in [4.78, 5) is 0. The number of unbranched alkanes of at least 4 members (excludes halogenated alkanes) is 5. The summed E-state index contributed by atoms with van der Waals surface area (Å²) < 4.78 is 14.4. The smallest absolute Gasteiger partial charge is 0.141 e. The number of hydrogen-bond donors (Lipinski definition) is 0. The van der Waals surface area contributed by atoms with E-state index in [4.69, 9.17) is 5.26 Å². The van der Waals surface area contributed by atoms with Crippen molar-refractivity contribution in [3.63, 3.8) is 0 Å². The highest BCUT2D eigenvalue weighted by atomic mass is 19.1. The molecule has 0 bridgehead atoms. The van der Waals surface area contributed by atoms with Gasteiger partial charge in [-0.1, -0.05) is 96.5 Å². The summed E-state index contributed by atoms with van der Waals surface area (Å²) in [5.41, 5.74) is 2.08. The number of halogens is 1. The Bertz CT molecular complexity index is 719. The predicted molar refractivity (Wildman–Crippen MR) is 133 cm³/mol. The molecule has 0 N–H and O–H groups in total. The minimum atomic E-state index is -0.334. The first-order valence-corrected chi connectivity index (χ1v) is 13.8. The summed E-state index contributed by atoms with van der Waals surface area (Å²) in [5.74, 6) is -0.334. The van der Waals surface area contributed by atoms with E-state index in [1.54, 1.807) is 12.1 Å². The van der Waals surface area contributed by atoms with E-state index in [0.717, 1.165) is 5.56 Å². The van der Waals surface area contributed by atoms with Crippen molar-refractivity contribution in [1.82, 2.24) is 0 Å². The van der Waals surface area contributed by atoms with E-state index in [9.17, 15) is 4.39 Å². The van der Waals surface area contributed by atoms with Gasteiger partial charge in [0.2, 0.25) is 0 Å². The summed E-state index contributed by atoms with van der Waals surface area (Å²) >= 11 is 0. The van der Waals surface area contributed by atoms with Crippen molar-refractivity contribution in [3.05, 3.63) is 35.1 Å². The van der Waals surface area contributed by atoms with Crippen LogP contribution in [0.25, 0.3) is 0 Å². The lowest BCUT2D eigenvalue weighted by molar-refractivity contribution is 0.144. The molecule has 2 saturated carbocycles. The Hall–Kier alpha value is -1.36. The number of benzene rings is 1. The van der Waals surface area contributed by atoms with Gasteiger partial charge in [0.25, 0.3) is 0 Å². The molecular formula is C30H46FN. The predicted octanol–water partition coefficient (Wildman–Crippen LogP) is 9.77. The normalized spacial score (nSPS) is 20.0. The van der Waals surface area contributed by atoms with Crippen LogP contribution in [0.3, 0.4) is 0 Å². The van der Waals surface area contributed by atoms with E-state index in [0.29, 0.717) is 5.41 Å². The molecule has 3 rings (SSSR count). The van der Waals surface area contributed by atoms with Crippen molar-refractivity contribution < 1.29 is 4.39 Å². The molecule has 0 spiro atoms. The Morgan fingerprint density at radius 1 is 0.781 bits per heavy atom. The maximum absolute atomic E-state index is 14.4. The zero-order valence-corrected chi connectivity index (χ0v) is 20.7. The van der Waals surface area contributed by atoms with E-state index in [1.165, 1.54) is 128 Å². The molecule has 1 nitrogen and oxygen atoms in total. The van der Waals surface area contributed by atoms with E-state index in [1.807, 2.05) is 12.1 Å². The van der Waals surface area contributed by atoms with Gasteiger partial charge in [-0.2, -0.15) is 5.26 Å². The van der Waals surface area contributed by atoms with Gasteiger partial charge in [0, 0.05) is 0 Å². The quantitative estimate of drug-likeness (QED) is 0.297. The van der Waals surface area contributed by atoms with Crippen LogP contribution < -0.4 is 0 Å². The van der Waals surface area contributed by atoms with Crippen LogP contribution in [0.1, 0.15) is 146 Å². The van der Waals surface area contributed by atoms with Crippen LogP contribution in [0.5, 0.6) is 0 Å². The summed E-state index contributed by atoms with van der Waals surface area (Å²) in [5, 5.41) is 9.12. The number of rotatable bonds is 12. The van der Waals surface area contributed by atoms with Crippen LogP contribution in [-0.2, 0) is 5.41 Å². The SMILES string of the molecule is CCCCCCCC1(CCCCC2(c3ccc(C#N)c(F)c3)CCCCC2)CCCCC1. The molecule has 1 aromatic carbocycles. The van der Waals surface area contributed by atoms with Crippen LogP contribution in [0.2, 0.25) is 0 Å². The minimum absolute atomic E-state index is 0.132. The maximum atomic E-state index is 14.4. The first-order chi connectivity index (χ1) is 15.6. The summed E-state index contributed by atoms with van der Waals surface area (Å²) in [7, 11) is 0. The first kappa shape index (κ1) is 25.3. The lowest BCUT2D eigenvalue weighted by atomic mass is 9.65. The Morgan fingerprint density at radius 2 is 1.38 bits per heavy atom. The van der Waals surface area contributed by atoms with E-state index in [2.05, 4.69) is 6.92 Å². The highest BCUT2D eigenvalue weighted by Gasteiger charge is 2.35. The van der Waals surface area contributed by atoms with Crippen molar-refractivity contribution in [2.24, 2.45) is 5.41 Å². The van der Waals surface area contributed by atoms with Crippen molar-refractivity contribution >= 4 is 0 Å². The largest absolute Gasteiger partial charge is 0.206 e. The van der Waals surface area contributed by atoms with Gasteiger partial charge in [-0.05, 0) is 73.5 Å². The molecule has 2 fully saturated rings. The molecule has 2 heteroatoms. The second-order valence-corrected chi connectivity index (χ2v) is 11.1. The third kappa shape index (κ3) is 6.82. The summed E-state index contributed by atoms with van der Waals surface area (Å²) in [6.07, 6.45) is 27.0. The fourth-order valence-electron chi connectivity index (χ4n) is 6.84. The molecule has 0 radical (unpaired) electrons. The van der Waals surface area contributed by atoms with Crippen molar-refractivity contribution in [2.45, 2.75) is 141 Å². The second kappa shape index (κ2) is 12.8. The molecule has 32 heavy (non-hydrogen) atoms. The number of nitrogens with zero attached hydrogens (tertiary/aromatic N) is 1. The van der Waals surface area contributed by atoms with Crippen molar-refractivity contribution in [1.29, 1.82) is 5.26 Å².